The van der Waals surface area contributed by atoms with E-state index in [1.54, 1.807) is 19.9 Å². The summed E-state index contributed by atoms with van der Waals surface area (Å²) in [5.74, 6) is 0. The van der Waals surface area contributed by atoms with Gasteiger partial charge in [0.1, 0.15) is 4.90 Å². The average molecular weight is 229 g/mol. The predicted octanol–water partition coefficient (Wildman–Crippen LogP) is 0.0972. The van der Waals surface area contributed by atoms with Gasteiger partial charge in [0.05, 0.1) is 0 Å². The molecule has 0 aromatic carbocycles. The summed E-state index contributed by atoms with van der Waals surface area (Å²) in [7, 11) is -3.52. The number of hydrogen-bond acceptors (Lipinski definition) is 4. The second kappa shape index (κ2) is 4.26. The van der Waals surface area contributed by atoms with Crippen LogP contribution in [-0.4, -0.2) is 25.5 Å². The third kappa shape index (κ3) is 3.26. The van der Waals surface area contributed by atoms with Crippen LogP contribution in [0, 0.1) is 0 Å². The molecule has 0 aliphatic heterocycles. The van der Waals surface area contributed by atoms with Crippen LogP contribution in [0.1, 0.15) is 13.8 Å². The minimum atomic E-state index is -3.52. The predicted molar refractivity (Wildman–Crippen MR) is 57.7 cm³/mol. The molecule has 0 bridgehead atoms. The van der Waals surface area contributed by atoms with Crippen LogP contribution in [0.4, 0.5) is 0 Å². The van der Waals surface area contributed by atoms with Crippen LogP contribution in [0.2, 0.25) is 0 Å². The number of rotatable bonds is 4. The van der Waals surface area contributed by atoms with Crippen molar-refractivity contribution >= 4 is 10.0 Å². The molecule has 5 nitrogen and oxygen atoms in total. The number of aromatic nitrogens is 1. The fraction of sp³-hybridized carbons (Fsp3) is 0.444. The van der Waals surface area contributed by atoms with E-state index in [-0.39, 0.29) is 11.4 Å². The molecule has 0 spiro atoms. The van der Waals surface area contributed by atoms with Gasteiger partial charge in [0.2, 0.25) is 10.0 Å². The number of nitrogens with two attached hydrogens (primary N) is 1. The molecule has 0 aliphatic carbocycles. The lowest BCUT2D eigenvalue weighted by Crippen LogP contribution is -2.48. The van der Waals surface area contributed by atoms with E-state index in [1.165, 1.54) is 18.5 Å². The van der Waals surface area contributed by atoms with Crippen molar-refractivity contribution in [3.05, 3.63) is 24.5 Å². The first-order chi connectivity index (χ1) is 6.87. The van der Waals surface area contributed by atoms with Crippen LogP contribution in [0.5, 0.6) is 0 Å². The first kappa shape index (κ1) is 12.1. The van der Waals surface area contributed by atoms with Crippen LogP contribution < -0.4 is 10.5 Å². The van der Waals surface area contributed by atoms with E-state index < -0.39 is 15.6 Å². The summed E-state index contributed by atoms with van der Waals surface area (Å²) < 4.78 is 26.1. The Morgan fingerprint density at radius 2 is 2.20 bits per heavy atom. The van der Waals surface area contributed by atoms with Gasteiger partial charge < -0.3 is 5.73 Å². The van der Waals surface area contributed by atoms with Gasteiger partial charge in [-0.2, -0.15) is 0 Å². The number of nitrogens with one attached hydrogen (secondary N) is 1. The Kier molecular flexibility index (Phi) is 3.43. The summed E-state index contributed by atoms with van der Waals surface area (Å²) in [6.45, 7) is 3.67. The summed E-state index contributed by atoms with van der Waals surface area (Å²) in [5, 5.41) is 0. The standard InChI is InChI=1S/C9H15N3O2S/c1-9(2,7-10)12-15(13,14)8-4-3-5-11-6-8/h3-6,12H,7,10H2,1-2H3. The highest BCUT2D eigenvalue weighted by molar-refractivity contribution is 7.89. The van der Waals surface area contributed by atoms with Crippen LogP contribution in [0.25, 0.3) is 0 Å². The molecule has 0 radical (unpaired) electrons. The normalized spacial score (nSPS) is 12.7. The van der Waals surface area contributed by atoms with E-state index in [0.29, 0.717) is 0 Å². The number of sulfonamides is 1. The second-order valence-electron chi connectivity index (χ2n) is 3.88. The minimum Gasteiger partial charge on any atom is -0.329 e. The number of pyridine rings is 1. The lowest BCUT2D eigenvalue weighted by atomic mass is 10.1. The van der Waals surface area contributed by atoms with Crippen LogP contribution in [0.15, 0.2) is 29.4 Å². The fourth-order valence-electron chi connectivity index (χ4n) is 0.970. The molecule has 1 aromatic heterocycles. The molecule has 15 heavy (non-hydrogen) atoms. The Bertz CT molecular complexity index is 414. The first-order valence-corrected chi connectivity index (χ1v) is 6.00. The summed E-state index contributed by atoms with van der Waals surface area (Å²) in [6.07, 6.45) is 2.82. The van der Waals surface area contributed by atoms with Gasteiger partial charge in [0.15, 0.2) is 0 Å². The van der Waals surface area contributed by atoms with E-state index >= 15 is 0 Å². The summed E-state index contributed by atoms with van der Waals surface area (Å²) >= 11 is 0. The Labute approximate surface area is 89.8 Å². The average Bonchev–Trinajstić information content (AvgIpc) is 2.18. The molecule has 0 saturated carbocycles. The zero-order valence-corrected chi connectivity index (χ0v) is 9.58. The van der Waals surface area contributed by atoms with Gasteiger partial charge in [0.25, 0.3) is 0 Å². The molecule has 6 heteroatoms. The van der Waals surface area contributed by atoms with Gasteiger partial charge in [-0.05, 0) is 26.0 Å². The zero-order chi connectivity index (χ0) is 11.5. The third-order valence-corrected chi connectivity index (χ3v) is 3.55. The molecule has 0 atom stereocenters. The Hall–Kier alpha value is -0.980. The van der Waals surface area contributed by atoms with Crippen molar-refractivity contribution in [3.63, 3.8) is 0 Å². The van der Waals surface area contributed by atoms with E-state index in [0.717, 1.165) is 0 Å². The van der Waals surface area contributed by atoms with E-state index in [2.05, 4.69) is 9.71 Å². The molecule has 0 aliphatic rings. The van der Waals surface area contributed by atoms with Gasteiger partial charge in [-0.3, -0.25) is 4.98 Å². The molecule has 1 aromatic rings. The lowest BCUT2D eigenvalue weighted by Gasteiger charge is -2.23. The maximum absolute atomic E-state index is 11.8. The smallest absolute Gasteiger partial charge is 0.242 e. The minimum absolute atomic E-state index is 0.145. The molecular weight excluding hydrogens is 214 g/mol. The highest BCUT2D eigenvalue weighted by atomic mass is 32.2. The lowest BCUT2D eigenvalue weighted by molar-refractivity contribution is 0.462. The van der Waals surface area contributed by atoms with Crippen molar-refractivity contribution in [2.75, 3.05) is 6.54 Å². The zero-order valence-electron chi connectivity index (χ0n) is 8.77. The van der Waals surface area contributed by atoms with Crippen molar-refractivity contribution in [2.24, 2.45) is 5.73 Å². The van der Waals surface area contributed by atoms with Gasteiger partial charge in [-0.1, -0.05) is 0 Å². The molecule has 1 rings (SSSR count). The molecule has 0 saturated heterocycles. The Morgan fingerprint density at radius 3 is 2.67 bits per heavy atom. The molecular formula is C9H15N3O2S. The SMILES string of the molecule is CC(C)(CN)NS(=O)(=O)c1cccnc1. The highest BCUT2D eigenvalue weighted by Gasteiger charge is 2.24. The Balaban J connectivity index is 2.96. The monoisotopic (exact) mass is 229 g/mol. The van der Waals surface area contributed by atoms with Crippen LogP contribution >= 0.6 is 0 Å². The number of nitrogens with zero attached hydrogens (tertiary/aromatic N) is 1. The van der Waals surface area contributed by atoms with Crippen LogP contribution in [0.3, 0.4) is 0 Å². The summed E-state index contributed by atoms with van der Waals surface area (Å²) in [4.78, 5) is 3.90. The summed E-state index contributed by atoms with van der Waals surface area (Å²) in [6, 6.07) is 3.06. The van der Waals surface area contributed by atoms with E-state index in [9.17, 15) is 8.42 Å². The molecule has 3 N–H and O–H groups in total. The molecule has 0 amide bonds. The van der Waals surface area contributed by atoms with Gasteiger partial charge in [-0.25, -0.2) is 13.1 Å². The van der Waals surface area contributed by atoms with E-state index in [1.807, 2.05) is 0 Å². The maximum Gasteiger partial charge on any atom is 0.242 e. The third-order valence-electron chi connectivity index (χ3n) is 1.87. The van der Waals surface area contributed by atoms with Crippen molar-refractivity contribution in [3.8, 4) is 0 Å². The largest absolute Gasteiger partial charge is 0.329 e. The molecule has 0 fully saturated rings. The molecule has 0 unspecified atom stereocenters. The number of hydrogen-bond donors (Lipinski definition) is 2. The summed E-state index contributed by atoms with van der Waals surface area (Å²) in [5.41, 5.74) is 4.79. The van der Waals surface area contributed by atoms with Crippen molar-refractivity contribution in [1.82, 2.24) is 9.71 Å². The van der Waals surface area contributed by atoms with Gasteiger partial charge >= 0.3 is 0 Å². The Morgan fingerprint density at radius 1 is 1.53 bits per heavy atom. The maximum atomic E-state index is 11.8. The van der Waals surface area contributed by atoms with Crippen molar-refractivity contribution in [1.29, 1.82) is 0 Å². The second-order valence-corrected chi connectivity index (χ2v) is 5.56. The van der Waals surface area contributed by atoms with Crippen LogP contribution in [-0.2, 0) is 10.0 Å². The van der Waals surface area contributed by atoms with Gasteiger partial charge in [-0.15, -0.1) is 0 Å². The van der Waals surface area contributed by atoms with Crippen molar-refractivity contribution < 1.29 is 8.42 Å². The first-order valence-electron chi connectivity index (χ1n) is 4.51. The van der Waals surface area contributed by atoms with Gasteiger partial charge in [0, 0.05) is 24.5 Å². The quantitative estimate of drug-likeness (QED) is 0.766. The van der Waals surface area contributed by atoms with E-state index in [4.69, 9.17) is 5.73 Å². The highest BCUT2D eigenvalue weighted by Crippen LogP contribution is 2.10. The fourth-order valence-corrected chi connectivity index (χ4v) is 2.36. The topological polar surface area (TPSA) is 85.1 Å². The molecule has 1 heterocycles. The van der Waals surface area contributed by atoms with Crippen molar-refractivity contribution in [2.45, 2.75) is 24.3 Å². The molecule has 84 valence electrons.